The molecule has 1 aromatic carbocycles. The van der Waals surface area contributed by atoms with Crippen LogP contribution in [0.5, 0.6) is 11.5 Å². The Kier molecular flexibility index (Phi) is 4.60. The number of phenols is 1. The number of hydrogen-bond donors (Lipinski definition) is 1. The van der Waals surface area contributed by atoms with Crippen LogP contribution in [0.25, 0.3) is 10.8 Å². The second kappa shape index (κ2) is 5.76. The van der Waals surface area contributed by atoms with Crippen LogP contribution in [0.3, 0.4) is 0 Å². The number of phenolic OH excluding ortho intramolecular Hbond substituents is 1. The van der Waals surface area contributed by atoms with E-state index in [1.165, 1.54) is 19.4 Å². The van der Waals surface area contributed by atoms with Gasteiger partial charge in [-0.25, -0.2) is 0 Å². The van der Waals surface area contributed by atoms with Gasteiger partial charge in [0.05, 0.1) is 7.11 Å². The number of carboxylic acid groups (broad SMARTS) is 1. The Labute approximate surface area is 116 Å². The van der Waals surface area contributed by atoms with Crippen molar-refractivity contribution in [2.24, 2.45) is 0 Å². The molecule has 1 heterocycles. The number of carboxylic acids is 1. The zero-order valence-electron chi connectivity index (χ0n) is 10.1. The molecule has 0 aliphatic rings. The van der Waals surface area contributed by atoms with Crippen molar-refractivity contribution in [1.29, 1.82) is 0 Å². The summed E-state index contributed by atoms with van der Waals surface area (Å²) in [5.74, 6) is -0.887. The van der Waals surface area contributed by atoms with Crippen molar-refractivity contribution in [2.75, 3.05) is 7.11 Å². The first-order valence-corrected chi connectivity index (χ1v) is 4.95. The Bertz CT molecular complexity index is 586. The molecule has 1 aromatic heterocycles. The van der Waals surface area contributed by atoms with Crippen molar-refractivity contribution in [3.05, 3.63) is 30.1 Å². The molecular formula is C12H10LiNO4. The van der Waals surface area contributed by atoms with E-state index in [1.807, 2.05) is 0 Å². The zero-order chi connectivity index (χ0) is 12.4. The Morgan fingerprint density at radius 2 is 2.17 bits per heavy atom. The van der Waals surface area contributed by atoms with Gasteiger partial charge in [0.25, 0.3) is 0 Å². The number of hydrogen-bond acceptors (Lipinski definition) is 5. The van der Waals surface area contributed by atoms with E-state index in [0.29, 0.717) is 22.1 Å². The van der Waals surface area contributed by atoms with Crippen LogP contribution in [0, 0.1) is 0 Å². The Balaban J connectivity index is 0.00000162. The normalized spacial score (nSPS) is 9.83. The van der Waals surface area contributed by atoms with Crippen LogP contribution in [0.4, 0.5) is 0 Å². The van der Waals surface area contributed by atoms with Gasteiger partial charge in [-0.3, -0.25) is 4.98 Å². The van der Waals surface area contributed by atoms with Crippen LogP contribution in [-0.4, -0.2) is 23.2 Å². The van der Waals surface area contributed by atoms with E-state index in [1.54, 1.807) is 12.3 Å². The molecule has 0 saturated carbocycles. The molecule has 1 N–H and O–H groups in total. The van der Waals surface area contributed by atoms with Crippen molar-refractivity contribution >= 4 is 16.7 Å². The van der Waals surface area contributed by atoms with Crippen molar-refractivity contribution in [3.63, 3.8) is 0 Å². The molecule has 0 radical (unpaired) electrons. The van der Waals surface area contributed by atoms with Gasteiger partial charge in [-0.2, -0.15) is 0 Å². The third-order valence-corrected chi connectivity index (χ3v) is 2.48. The van der Waals surface area contributed by atoms with Gasteiger partial charge >= 0.3 is 18.9 Å². The molecule has 5 nitrogen and oxygen atoms in total. The predicted molar refractivity (Wildman–Crippen MR) is 58.7 cm³/mol. The molecular weight excluding hydrogens is 229 g/mol. The largest absolute Gasteiger partial charge is 1.00 e. The number of methoxy groups -OCH3 is 1. The van der Waals surface area contributed by atoms with Gasteiger partial charge in [0.1, 0.15) is 0 Å². The molecule has 88 valence electrons. The van der Waals surface area contributed by atoms with E-state index in [2.05, 4.69) is 4.98 Å². The van der Waals surface area contributed by atoms with Gasteiger partial charge in [-0.1, -0.05) is 0 Å². The number of ether oxygens (including phenoxy) is 1. The average Bonchev–Trinajstić information content (AvgIpc) is 2.27. The van der Waals surface area contributed by atoms with E-state index in [-0.39, 0.29) is 31.0 Å². The molecule has 0 bridgehead atoms. The molecule has 6 heteroatoms. The molecule has 2 aromatic rings. The standard InChI is InChI=1S/C12H11NO4.Li/c1-17-11-4-9-7(2-10(11)14)5-13-6-8(9)3-12(15)16;/h2,4-6,14H,3H2,1H3,(H,15,16);/q;+1/p-1. The molecule has 0 amide bonds. The number of nitrogens with zero attached hydrogens (tertiary/aromatic N) is 1. The summed E-state index contributed by atoms with van der Waals surface area (Å²) >= 11 is 0. The van der Waals surface area contributed by atoms with Crippen molar-refractivity contribution in [3.8, 4) is 11.5 Å². The fourth-order valence-corrected chi connectivity index (χ4v) is 1.71. The van der Waals surface area contributed by atoms with Crippen LogP contribution >= 0.6 is 0 Å². The van der Waals surface area contributed by atoms with Gasteiger partial charge in [0.15, 0.2) is 11.5 Å². The third-order valence-electron chi connectivity index (χ3n) is 2.48. The van der Waals surface area contributed by atoms with Crippen LogP contribution in [0.15, 0.2) is 24.5 Å². The number of rotatable bonds is 3. The van der Waals surface area contributed by atoms with Gasteiger partial charge < -0.3 is 19.7 Å². The molecule has 2 rings (SSSR count). The summed E-state index contributed by atoms with van der Waals surface area (Å²) in [6, 6.07) is 3.07. The molecule has 0 fully saturated rings. The fourth-order valence-electron chi connectivity index (χ4n) is 1.71. The zero-order valence-corrected chi connectivity index (χ0v) is 10.1. The summed E-state index contributed by atoms with van der Waals surface area (Å²) in [5, 5.41) is 21.5. The van der Waals surface area contributed by atoms with E-state index in [0.717, 1.165) is 0 Å². The Hall–Kier alpha value is -1.70. The van der Waals surface area contributed by atoms with Crippen molar-refractivity contribution < 1.29 is 38.6 Å². The number of fused-ring (bicyclic) bond motifs is 1. The average molecular weight is 239 g/mol. The molecule has 0 atom stereocenters. The summed E-state index contributed by atoms with van der Waals surface area (Å²) in [7, 11) is 1.43. The van der Waals surface area contributed by atoms with Gasteiger partial charge in [0, 0.05) is 30.2 Å². The summed E-state index contributed by atoms with van der Waals surface area (Å²) < 4.78 is 4.98. The summed E-state index contributed by atoms with van der Waals surface area (Å²) in [6.07, 6.45) is 2.79. The predicted octanol–water partition coefficient (Wildman–Crippen LogP) is -2.75. The maximum absolute atomic E-state index is 10.6. The molecule has 0 spiro atoms. The van der Waals surface area contributed by atoms with Crippen LogP contribution < -0.4 is 28.7 Å². The minimum Gasteiger partial charge on any atom is -0.550 e. The number of pyridine rings is 1. The topological polar surface area (TPSA) is 82.5 Å². The molecule has 0 unspecified atom stereocenters. The minimum atomic E-state index is -1.17. The van der Waals surface area contributed by atoms with Crippen LogP contribution in [0.2, 0.25) is 0 Å². The monoisotopic (exact) mass is 239 g/mol. The van der Waals surface area contributed by atoms with E-state index in [9.17, 15) is 15.0 Å². The number of carbonyl (C=O) groups excluding carboxylic acids is 1. The number of aliphatic carboxylic acids is 1. The van der Waals surface area contributed by atoms with E-state index in [4.69, 9.17) is 4.74 Å². The number of benzene rings is 1. The first-order valence-electron chi connectivity index (χ1n) is 4.95. The van der Waals surface area contributed by atoms with Crippen molar-refractivity contribution in [2.45, 2.75) is 6.42 Å². The Morgan fingerprint density at radius 3 is 2.78 bits per heavy atom. The smallest absolute Gasteiger partial charge is 0.550 e. The van der Waals surface area contributed by atoms with Crippen molar-refractivity contribution in [1.82, 2.24) is 4.98 Å². The molecule has 18 heavy (non-hydrogen) atoms. The first-order chi connectivity index (χ1) is 8.11. The second-order valence-electron chi connectivity index (χ2n) is 3.59. The summed E-state index contributed by atoms with van der Waals surface area (Å²) in [4.78, 5) is 14.5. The van der Waals surface area contributed by atoms with Crippen LogP contribution in [0.1, 0.15) is 5.56 Å². The van der Waals surface area contributed by atoms with Gasteiger partial charge in [-0.15, -0.1) is 0 Å². The van der Waals surface area contributed by atoms with E-state index >= 15 is 0 Å². The van der Waals surface area contributed by atoms with Gasteiger partial charge in [-0.05, 0) is 23.1 Å². The number of aromatic nitrogens is 1. The van der Waals surface area contributed by atoms with Crippen LogP contribution in [-0.2, 0) is 11.2 Å². The number of carbonyl (C=O) groups is 1. The summed E-state index contributed by atoms with van der Waals surface area (Å²) in [6.45, 7) is 0. The maximum atomic E-state index is 10.6. The fraction of sp³-hybridized carbons (Fsp3) is 0.167. The first kappa shape index (κ1) is 14.4. The quantitative estimate of drug-likeness (QED) is 0.587. The second-order valence-corrected chi connectivity index (χ2v) is 3.59. The third kappa shape index (κ3) is 2.75. The maximum Gasteiger partial charge on any atom is 1.00 e. The molecule has 0 aliphatic heterocycles. The number of aromatic hydroxyl groups is 1. The summed E-state index contributed by atoms with van der Waals surface area (Å²) in [5.41, 5.74) is 0.529. The molecule has 0 saturated heterocycles. The van der Waals surface area contributed by atoms with E-state index < -0.39 is 5.97 Å². The Morgan fingerprint density at radius 1 is 1.44 bits per heavy atom. The van der Waals surface area contributed by atoms with Gasteiger partial charge in [0.2, 0.25) is 0 Å². The SMILES string of the molecule is COc1cc2c(CC(=O)[O-])cncc2cc1O.[Li+]. The molecule has 0 aliphatic carbocycles. The minimum absolute atomic E-state index is 0.